The number of hydrogen-bond acceptors (Lipinski definition) is 5. The van der Waals surface area contributed by atoms with Gasteiger partial charge < -0.3 is 9.64 Å². The minimum Gasteiger partial charge on any atom is -0.457 e. The lowest BCUT2D eigenvalue weighted by Crippen LogP contribution is -2.59. The highest BCUT2D eigenvalue weighted by atomic mass is 32.2. The molecule has 0 aliphatic carbocycles. The van der Waals surface area contributed by atoms with Gasteiger partial charge in [-0.3, -0.25) is 9.69 Å². The van der Waals surface area contributed by atoms with Gasteiger partial charge in [0.1, 0.15) is 11.5 Å². The number of rotatable bonds is 3. The van der Waals surface area contributed by atoms with Gasteiger partial charge in [-0.1, -0.05) is 30.3 Å². The second kappa shape index (κ2) is 6.98. The van der Waals surface area contributed by atoms with E-state index in [0.29, 0.717) is 30.2 Å². The third-order valence-electron chi connectivity index (χ3n) is 5.30. The van der Waals surface area contributed by atoms with Crippen LogP contribution < -0.4 is 4.74 Å². The van der Waals surface area contributed by atoms with Crippen molar-refractivity contribution >= 4 is 15.7 Å². The standard InChI is InChI=1S/C20H22N2O4S/c1-21-11-12-22(18-14-27(24,25)13-17(18)21)20(23)16-9-5-6-10-19(16)26-15-7-3-2-4-8-15/h2-10,17-18H,11-14H2,1H3/t17-,18+/m0/s1. The lowest BCUT2D eigenvalue weighted by Gasteiger charge is -2.42. The van der Waals surface area contributed by atoms with Crippen molar-refractivity contribution in [3.05, 3.63) is 60.2 Å². The molecule has 1 amide bonds. The van der Waals surface area contributed by atoms with Gasteiger partial charge in [-0.25, -0.2) is 8.42 Å². The van der Waals surface area contributed by atoms with Crippen LogP contribution in [0.2, 0.25) is 0 Å². The first-order valence-corrected chi connectivity index (χ1v) is 10.8. The number of carbonyl (C=O) groups is 1. The first kappa shape index (κ1) is 18.0. The average molecular weight is 386 g/mol. The van der Waals surface area contributed by atoms with Crippen molar-refractivity contribution in [1.29, 1.82) is 0 Å². The van der Waals surface area contributed by atoms with Gasteiger partial charge in [0.15, 0.2) is 9.84 Å². The molecule has 0 spiro atoms. The molecule has 0 radical (unpaired) electrons. The molecular formula is C20H22N2O4S. The minimum absolute atomic E-state index is 0.0233. The van der Waals surface area contributed by atoms with Crippen LogP contribution in [0.4, 0.5) is 0 Å². The number of amides is 1. The zero-order valence-electron chi connectivity index (χ0n) is 15.1. The Kier molecular flexibility index (Phi) is 4.65. The number of hydrogen-bond donors (Lipinski definition) is 0. The fourth-order valence-corrected chi connectivity index (χ4v) is 5.94. The topological polar surface area (TPSA) is 66.9 Å². The number of benzene rings is 2. The lowest BCUT2D eigenvalue weighted by molar-refractivity contribution is 0.0408. The Labute approximate surface area is 159 Å². The van der Waals surface area contributed by atoms with Crippen LogP contribution in [-0.4, -0.2) is 67.9 Å². The molecule has 0 unspecified atom stereocenters. The molecule has 6 nitrogen and oxygen atoms in total. The van der Waals surface area contributed by atoms with Crippen LogP contribution in [-0.2, 0) is 9.84 Å². The van der Waals surface area contributed by atoms with E-state index in [-0.39, 0.29) is 29.5 Å². The van der Waals surface area contributed by atoms with Crippen molar-refractivity contribution in [1.82, 2.24) is 9.80 Å². The molecule has 2 aromatic rings. The maximum Gasteiger partial charge on any atom is 0.258 e. The van der Waals surface area contributed by atoms with Crippen LogP contribution >= 0.6 is 0 Å². The maximum atomic E-state index is 13.3. The summed E-state index contributed by atoms with van der Waals surface area (Å²) in [5.74, 6) is 1.08. The summed E-state index contributed by atoms with van der Waals surface area (Å²) in [7, 11) is -1.21. The molecule has 2 aliphatic heterocycles. The summed E-state index contributed by atoms with van der Waals surface area (Å²) in [6.07, 6.45) is 0. The Hall–Kier alpha value is -2.38. The molecule has 2 fully saturated rings. The number of sulfone groups is 1. The Morgan fingerprint density at radius 2 is 1.63 bits per heavy atom. The van der Waals surface area contributed by atoms with Gasteiger partial charge in [-0.15, -0.1) is 0 Å². The van der Waals surface area contributed by atoms with Crippen LogP contribution in [0.25, 0.3) is 0 Å². The quantitative estimate of drug-likeness (QED) is 0.808. The highest BCUT2D eigenvalue weighted by molar-refractivity contribution is 7.91. The van der Waals surface area contributed by atoms with E-state index < -0.39 is 9.84 Å². The van der Waals surface area contributed by atoms with E-state index in [2.05, 4.69) is 0 Å². The second-order valence-electron chi connectivity index (χ2n) is 7.10. The highest BCUT2D eigenvalue weighted by Crippen LogP contribution is 2.31. The molecular weight excluding hydrogens is 364 g/mol. The molecule has 142 valence electrons. The predicted molar refractivity (Wildman–Crippen MR) is 103 cm³/mol. The molecule has 2 aliphatic rings. The van der Waals surface area contributed by atoms with Crippen LogP contribution in [0.15, 0.2) is 54.6 Å². The average Bonchev–Trinajstić information content (AvgIpc) is 2.99. The van der Waals surface area contributed by atoms with Crippen LogP contribution in [0, 0.1) is 0 Å². The molecule has 2 aromatic carbocycles. The van der Waals surface area contributed by atoms with Crippen molar-refractivity contribution in [3.63, 3.8) is 0 Å². The molecule has 7 heteroatoms. The molecule has 0 N–H and O–H groups in total. The molecule has 0 saturated carbocycles. The minimum atomic E-state index is -3.14. The summed E-state index contributed by atoms with van der Waals surface area (Å²) in [5, 5.41) is 0. The summed E-state index contributed by atoms with van der Waals surface area (Å²) in [6, 6.07) is 16.0. The van der Waals surface area contributed by atoms with Crippen molar-refractivity contribution in [3.8, 4) is 11.5 Å². The fourth-order valence-electron chi connectivity index (χ4n) is 3.88. The van der Waals surface area contributed by atoms with Crippen molar-refractivity contribution in [2.45, 2.75) is 12.1 Å². The Bertz CT molecular complexity index is 945. The van der Waals surface area contributed by atoms with Gasteiger partial charge in [0.05, 0.1) is 23.1 Å². The van der Waals surface area contributed by atoms with E-state index in [9.17, 15) is 13.2 Å². The number of fused-ring (bicyclic) bond motifs is 1. The van der Waals surface area contributed by atoms with E-state index in [4.69, 9.17) is 4.74 Å². The Morgan fingerprint density at radius 3 is 2.41 bits per heavy atom. The molecule has 2 heterocycles. The van der Waals surface area contributed by atoms with Crippen LogP contribution in [0.5, 0.6) is 11.5 Å². The molecule has 2 saturated heterocycles. The van der Waals surface area contributed by atoms with Crippen molar-refractivity contribution < 1.29 is 17.9 Å². The number of nitrogens with zero attached hydrogens (tertiary/aromatic N) is 2. The fraction of sp³-hybridized carbons (Fsp3) is 0.350. The van der Waals surface area contributed by atoms with Gasteiger partial charge in [0.25, 0.3) is 5.91 Å². The van der Waals surface area contributed by atoms with Crippen LogP contribution in [0.3, 0.4) is 0 Å². The number of likely N-dealkylation sites (N-methyl/N-ethyl adjacent to an activating group) is 1. The van der Waals surface area contributed by atoms with Crippen LogP contribution in [0.1, 0.15) is 10.4 Å². The highest BCUT2D eigenvalue weighted by Gasteiger charge is 2.47. The summed E-state index contributed by atoms with van der Waals surface area (Å²) in [4.78, 5) is 17.1. The maximum absolute atomic E-state index is 13.3. The normalized spacial score (nSPS) is 24.4. The summed E-state index contributed by atoms with van der Waals surface area (Å²) in [6.45, 7) is 1.16. The summed E-state index contributed by atoms with van der Waals surface area (Å²) >= 11 is 0. The van der Waals surface area contributed by atoms with E-state index >= 15 is 0 Å². The summed E-state index contributed by atoms with van der Waals surface area (Å²) < 4.78 is 30.3. The number of carbonyl (C=O) groups excluding carboxylic acids is 1. The Morgan fingerprint density at radius 1 is 0.963 bits per heavy atom. The van der Waals surface area contributed by atoms with E-state index in [0.717, 1.165) is 0 Å². The van der Waals surface area contributed by atoms with Gasteiger partial charge >= 0.3 is 0 Å². The monoisotopic (exact) mass is 386 g/mol. The van der Waals surface area contributed by atoms with E-state index in [1.54, 1.807) is 23.1 Å². The number of ether oxygens (including phenoxy) is 1. The predicted octanol–water partition coefficient (Wildman–Crippen LogP) is 2.03. The SMILES string of the molecule is CN1CCN(C(=O)c2ccccc2Oc2ccccc2)[C@@H]2CS(=O)(=O)C[C@@H]21. The number of piperazine rings is 1. The summed E-state index contributed by atoms with van der Waals surface area (Å²) in [5.41, 5.74) is 0.453. The second-order valence-corrected chi connectivity index (χ2v) is 9.26. The third kappa shape index (κ3) is 3.57. The van der Waals surface area contributed by atoms with Crippen molar-refractivity contribution in [2.24, 2.45) is 0 Å². The Balaban J connectivity index is 1.63. The molecule has 4 rings (SSSR count). The third-order valence-corrected chi connectivity index (χ3v) is 7.00. The first-order chi connectivity index (χ1) is 12.9. The van der Waals surface area contributed by atoms with E-state index in [1.807, 2.05) is 48.3 Å². The van der Waals surface area contributed by atoms with Gasteiger partial charge in [-0.2, -0.15) is 0 Å². The smallest absolute Gasteiger partial charge is 0.258 e. The van der Waals surface area contributed by atoms with Gasteiger partial charge in [0, 0.05) is 19.1 Å². The van der Waals surface area contributed by atoms with Gasteiger partial charge in [0.2, 0.25) is 0 Å². The zero-order chi connectivity index (χ0) is 19.0. The molecule has 2 atom stereocenters. The largest absolute Gasteiger partial charge is 0.457 e. The van der Waals surface area contributed by atoms with E-state index in [1.165, 1.54) is 0 Å². The zero-order valence-corrected chi connectivity index (χ0v) is 15.9. The first-order valence-electron chi connectivity index (χ1n) is 8.98. The van der Waals surface area contributed by atoms with Gasteiger partial charge in [-0.05, 0) is 31.3 Å². The molecule has 0 bridgehead atoms. The molecule has 27 heavy (non-hydrogen) atoms. The number of para-hydroxylation sites is 2. The lowest BCUT2D eigenvalue weighted by atomic mass is 10.0. The van der Waals surface area contributed by atoms with Crippen molar-refractivity contribution in [2.75, 3.05) is 31.6 Å². The molecule has 0 aromatic heterocycles.